The third kappa shape index (κ3) is 3.35. The molecule has 0 bridgehead atoms. The van der Waals surface area contributed by atoms with Crippen molar-refractivity contribution in [2.24, 2.45) is 5.92 Å². The zero-order valence-electron chi connectivity index (χ0n) is 11.1. The Morgan fingerprint density at radius 2 is 2.00 bits per heavy atom. The highest BCUT2D eigenvalue weighted by Crippen LogP contribution is 2.22. The highest BCUT2D eigenvalue weighted by molar-refractivity contribution is 5.49. The van der Waals surface area contributed by atoms with Gasteiger partial charge in [0, 0.05) is 19.1 Å². The van der Waals surface area contributed by atoms with Crippen molar-refractivity contribution in [3.63, 3.8) is 0 Å². The zero-order chi connectivity index (χ0) is 12.3. The van der Waals surface area contributed by atoms with Crippen molar-refractivity contribution in [3.05, 3.63) is 18.3 Å². The van der Waals surface area contributed by atoms with E-state index >= 15 is 0 Å². The number of rotatable bonds is 3. The molecule has 1 aromatic heterocycles. The number of aromatic nitrogens is 1. The van der Waals surface area contributed by atoms with Crippen LogP contribution in [0.2, 0.25) is 0 Å². The standard InChI is InChI=1S/C14H23N3/c1-11(2)16-13-4-5-14(15-10-13)17-8-6-12(3)7-9-17/h4-5,10-12,16H,6-9H2,1-3H3. The van der Waals surface area contributed by atoms with E-state index in [0.29, 0.717) is 6.04 Å². The van der Waals surface area contributed by atoms with Gasteiger partial charge in [0.2, 0.25) is 0 Å². The number of nitrogens with one attached hydrogen (secondary N) is 1. The van der Waals surface area contributed by atoms with E-state index in [2.05, 4.69) is 48.1 Å². The van der Waals surface area contributed by atoms with Crippen molar-refractivity contribution in [1.82, 2.24) is 4.98 Å². The fourth-order valence-corrected chi connectivity index (χ4v) is 2.23. The number of pyridine rings is 1. The fraction of sp³-hybridized carbons (Fsp3) is 0.643. The van der Waals surface area contributed by atoms with Crippen molar-refractivity contribution in [1.29, 1.82) is 0 Å². The van der Waals surface area contributed by atoms with Crippen molar-refractivity contribution in [2.75, 3.05) is 23.3 Å². The van der Waals surface area contributed by atoms with Gasteiger partial charge in [-0.3, -0.25) is 0 Å². The summed E-state index contributed by atoms with van der Waals surface area (Å²) in [7, 11) is 0. The second-order valence-corrected chi connectivity index (χ2v) is 5.37. The summed E-state index contributed by atoms with van der Waals surface area (Å²) in [4.78, 5) is 6.93. The van der Waals surface area contributed by atoms with E-state index in [9.17, 15) is 0 Å². The maximum absolute atomic E-state index is 4.54. The van der Waals surface area contributed by atoms with Gasteiger partial charge in [-0.1, -0.05) is 6.92 Å². The van der Waals surface area contributed by atoms with Gasteiger partial charge in [0.05, 0.1) is 11.9 Å². The molecule has 2 heterocycles. The molecule has 1 N–H and O–H groups in total. The predicted molar refractivity (Wildman–Crippen MR) is 73.6 cm³/mol. The summed E-state index contributed by atoms with van der Waals surface area (Å²) in [5.74, 6) is 1.99. The SMILES string of the molecule is CC1CCN(c2ccc(NC(C)C)cn2)CC1. The summed E-state index contributed by atoms with van der Waals surface area (Å²) >= 11 is 0. The molecule has 0 aliphatic carbocycles. The van der Waals surface area contributed by atoms with E-state index in [1.165, 1.54) is 12.8 Å². The maximum atomic E-state index is 4.54. The van der Waals surface area contributed by atoms with Crippen LogP contribution in [0.3, 0.4) is 0 Å². The van der Waals surface area contributed by atoms with Crippen molar-refractivity contribution < 1.29 is 0 Å². The first-order valence-electron chi connectivity index (χ1n) is 6.62. The molecule has 17 heavy (non-hydrogen) atoms. The minimum Gasteiger partial charge on any atom is -0.382 e. The Labute approximate surface area is 104 Å². The smallest absolute Gasteiger partial charge is 0.128 e. The van der Waals surface area contributed by atoms with Crippen molar-refractivity contribution in [3.8, 4) is 0 Å². The van der Waals surface area contributed by atoms with Gasteiger partial charge >= 0.3 is 0 Å². The molecule has 1 aliphatic heterocycles. The lowest BCUT2D eigenvalue weighted by molar-refractivity contribution is 0.436. The van der Waals surface area contributed by atoms with Crippen LogP contribution in [0.4, 0.5) is 11.5 Å². The quantitative estimate of drug-likeness (QED) is 0.869. The molecular formula is C14H23N3. The lowest BCUT2D eigenvalue weighted by atomic mass is 9.99. The molecule has 0 spiro atoms. The van der Waals surface area contributed by atoms with Crippen molar-refractivity contribution in [2.45, 2.75) is 39.7 Å². The highest BCUT2D eigenvalue weighted by atomic mass is 15.2. The summed E-state index contributed by atoms with van der Waals surface area (Å²) in [6.45, 7) is 8.90. The van der Waals surface area contributed by atoms with Gasteiger partial charge in [0.1, 0.15) is 5.82 Å². The van der Waals surface area contributed by atoms with E-state index in [4.69, 9.17) is 0 Å². The Hall–Kier alpha value is -1.25. The first-order chi connectivity index (χ1) is 8.15. The number of anilines is 2. The Morgan fingerprint density at radius 3 is 2.53 bits per heavy atom. The number of hydrogen-bond donors (Lipinski definition) is 1. The third-order valence-corrected chi connectivity index (χ3v) is 3.31. The Kier molecular flexibility index (Phi) is 3.87. The van der Waals surface area contributed by atoms with Crippen LogP contribution in [0.5, 0.6) is 0 Å². The zero-order valence-corrected chi connectivity index (χ0v) is 11.1. The van der Waals surface area contributed by atoms with Gasteiger partial charge in [0.15, 0.2) is 0 Å². The molecule has 0 unspecified atom stereocenters. The minimum atomic E-state index is 0.457. The largest absolute Gasteiger partial charge is 0.382 e. The van der Waals surface area contributed by atoms with E-state index in [0.717, 1.165) is 30.5 Å². The third-order valence-electron chi connectivity index (χ3n) is 3.31. The normalized spacial score (nSPS) is 17.5. The van der Waals surface area contributed by atoms with E-state index < -0.39 is 0 Å². The van der Waals surface area contributed by atoms with Gasteiger partial charge in [-0.15, -0.1) is 0 Å². The van der Waals surface area contributed by atoms with Gasteiger partial charge in [-0.25, -0.2) is 4.98 Å². The molecular weight excluding hydrogens is 210 g/mol. The van der Waals surface area contributed by atoms with E-state index in [1.807, 2.05) is 6.20 Å². The van der Waals surface area contributed by atoms with E-state index in [-0.39, 0.29) is 0 Å². The molecule has 2 rings (SSSR count). The molecule has 0 aromatic carbocycles. The van der Waals surface area contributed by atoms with E-state index in [1.54, 1.807) is 0 Å². The number of nitrogens with zero attached hydrogens (tertiary/aromatic N) is 2. The van der Waals surface area contributed by atoms with Crippen LogP contribution in [0.15, 0.2) is 18.3 Å². The molecule has 1 fully saturated rings. The van der Waals surface area contributed by atoms with Gasteiger partial charge < -0.3 is 10.2 Å². The first-order valence-corrected chi connectivity index (χ1v) is 6.62. The number of hydrogen-bond acceptors (Lipinski definition) is 3. The van der Waals surface area contributed by atoms with Crippen LogP contribution in [0, 0.1) is 5.92 Å². The van der Waals surface area contributed by atoms with Gasteiger partial charge in [0.25, 0.3) is 0 Å². The topological polar surface area (TPSA) is 28.2 Å². The summed E-state index contributed by atoms with van der Waals surface area (Å²) in [6, 6.07) is 4.71. The van der Waals surface area contributed by atoms with Crippen molar-refractivity contribution >= 4 is 11.5 Å². The summed E-state index contributed by atoms with van der Waals surface area (Å²) < 4.78 is 0. The molecule has 0 amide bonds. The molecule has 3 nitrogen and oxygen atoms in total. The van der Waals surface area contributed by atoms with Gasteiger partial charge in [-0.2, -0.15) is 0 Å². The Bertz CT molecular complexity index is 337. The second kappa shape index (κ2) is 5.39. The Morgan fingerprint density at radius 1 is 1.29 bits per heavy atom. The van der Waals surface area contributed by atoms with Crippen LogP contribution in [-0.4, -0.2) is 24.1 Å². The second-order valence-electron chi connectivity index (χ2n) is 5.37. The van der Waals surface area contributed by atoms with Crippen LogP contribution in [0.1, 0.15) is 33.6 Å². The number of piperidine rings is 1. The van der Waals surface area contributed by atoms with Crippen LogP contribution < -0.4 is 10.2 Å². The summed E-state index contributed by atoms with van der Waals surface area (Å²) in [6.07, 6.45) is 4.51. The summed E-state index contributed by atoms with van der Waals surface area (Å²) in [5.41, 5.74) is 1.11. The monoisotopic (exact) mass is 233 g/mol. The molecule has 0 radical (unpaired) electrons. The van der Waals surface area contributed by atoms with Crippen LogP contribution in [-0.2, 0) is 0 Å². The average molecular weight is 233 g/mol. The highest BCUT2D eigenvalue weighted by Gasteiger charge is 2.16. The molecule has 3 heteroatoms. The Balaban J connectivity index is 1.97. The summed E-state index contributed by atoms with van der Waals surface area (Å²) in [5, 5.41) is 3.36. The molecule has 1 aliphatic rings. The van der Waals surface area contributed by atoms with Crippen LogP contribution >= 0.6 is 0 Å². The van der Waals surface area contributed by atoms with Gasteiger partial charge in [-0.05, 0) is 44.7 Å². The predicted octanol–water partition coefficient (Wildman–Crippen LogP) is 3.14. The fourth-order valence-electron chi connectivity index (χ4n) is 2.23. The first kappa shape index (κ1) is 12.2. The lowest BCUT2D eigenvalue weighted by Gasteiger charge is -2.31. The molecule has 1 aromatic rings. The molecule has 1 saturated heterocycles. The van der Waals surface area contributed by atoms with Crippen LogP contribution in [0.25, 0.3) is 0 Å². The molecule has 0 saturated carbocycles. The molecule has 0 atom stereocenters. The molecule has 94 valence electrons. The lowest BCUT2D eigenvalue weighted by Crippen LogP contribution is -2.33. The average Bonchev–Trinajstić information content (AvgIpc) is 2.30. The maximum Gasteiger partial charge on any atom is 0.128 e. The minimum absolute atomic E-state index is 0.457.